The lowest BCUT2D eigenvalue weighted by molar-refractivity contribution is -0.127. The van der Waals surface area contributed by atoms with Gasteiger partial charge in [0.05, 0.1) is 12.1 Å². The van der Waals surface area contributed by atoms with Gasteiger partial charge in [0.15, 0.2) is 0 Å². The zero-order chi connectivity index (χ0) is 12.3. The largest absolute Gasteiger partial charge is 0.361 e. The zero-order valence-electron chi connectivity index (χ0n) is 10.2. The van der Waals surface area contributed by atoms with Gasteiger partial charge in [0, 0.05) is 6.07 Å². The predicted molar refractivity (Wildman–Crippen MR) is 63.1 cm³/mol. The van der Waals surface area contributed by atoms with E-state index >= 15 is 0 Å². The monoisotopic (exact) mass is 237 g/mol. The smallest absolute Gasteiger partial charge is 0.240 e. The van der Waals surface area contributed by atoms with E-state index in [1.54, 1.807) is 0 Å². The Hall–Kier alpha value is -1.36. The molecule has 0 unspecified atom stereocenters. The summed E-state index contributed by atoms with van der Waals surface area (Å²) < 4.78 is 4.93. The fourth-order valence-electron chi connectivity index (χ4n) is 2.26. The van der Waals surface area contributed by atoms with E-state index in [1.807, 2.05) is 13.0 Å². The Morgan fingerprint density at radius 2 is 2.24 bits per heavy atom. The van der Waals surface area contributed by atoms with Gasteiger partial charge in [-0.2, -0.15) is 0 Å². The van der Waals surface area contributed by atoms with E-state index in [4.69, 9.17) is 10.3 Å². The third kappa shape index (κ3) is 2.85. The molecule has 2 rings (SSSR count). The summed E-state index contributed by atoms with van der Waals surface area (Å²) in [5.41, 5.74) is 6.16. The molecule has 94 valence electrons. The number of carbonyl (C=O) groups excluding carboxylic acids is 1. The van der Waals surface area contributed by atoms with Crippen molar-refractivity contribution in [2.24, 2.45) is 5.73 Å². The van der Waals surface area contributed by atoms with Crippen LogP contribution in [0.4, 0.5) is 0 Å². The first-order valence-corrected chi connectivity index (χ1v) is 6.09. The van der Waals surface area contributed by atoms with Crippen molar-refractivity contribution >= 4 is 5.91 Å². The minimum atomic E-state index is -0.684. The van der Waals surface area contributed by atoms with E-state index in [-0.39, 0.29) is 5.91 Å². The zero-order valence-corrected chi connectivity index (χ0v) is 10.2. The SMILES string of the molecule is Cc1cc(CNC(=O)C2(N)CCCCC2)no1. The molecule has 1 aliphatic carbocycles. The highest BCUT2D eigenvalue weighted by Gasteiger charge is 2.34. The molecule has 0 spiro atoms. The van der Waals surface area contributed by atoms with Crippen molar-refractivity contribution < 1.29 is 9.32 Å². The van der Waals surface area contributed by atoms with E-state index < -0.39 is 5.54 Å². The number of aryl methyl sites for hydroxylation is 1. The molecule has 1 aromatic rings. The molecule has 1 heterocycles. The molecule has 0 aliphatic heterocycles. The van der Waals surface area contributed by atoms with Crippen LogP contribution in [0.2, 0.25) is 0 Å². The number of hydrogen-bond acceptors (Lipinski definition) is 4. The first-order valence-electron chi connectivity index (χ1n) is 6.09. The van der Waals surface area contributed by atoms with Crippen LogP contribution >= 0.6 is 0 Å². The predicted octanol–water partition coefficient (Wildman–Crippen LogP) is 1.26. The normalized spacial score (nSPS) is 18.9. The fraction of sp³-hybridized carbons (Fsp3) is 0.667. The second-order valence-electron chi connectivity index (χ2n) is 4.83. The molecule has 0 radical (unpaired) electrons. The van der Waals surface area contributed by atoms with E-state index in [2.05, 4.69) is 10.5 Å². The maximum atomic E-state index is 12.0. The number of nitrogens with two attached hydrogens (primary N) is 1. The van der Waals surface area contributed by atoms with Crippen LogP contribution < -0.4 is 11.1 Å². The molecule has 1 aromatic heterocycles. The van der Waals surface area contributed by atoms with Gasteiger partial charge in [0.1, 0.15) is 11.5 Å². The molecular weight excluding hydrogens is 218 g/mol. The van der Waals surface area contributed by atoms with Gasteiger partial charge in [-0.1, -0.05) is 24.4 Å². The molecule has 0 atom stereocenters. The molecule has 1 fully saturated rings. The minimum Gasteiger partial charge on any atom is -0.361 e. The molecule has 17 heavy (non-hydrogen) atoms. The second kappa shape index (κ2) is 4.87. The van der Waals surface area contributed by atoms with Gasteiger partial charge in [0.25, 0.3) is 0 Å². The molecule has 3 N–H and O–H groups in total. The topological polar surface area (TPSA) is 81.2 Å². The van der Waals surface area contributed by atoms with Crippen LogP contribution in [0.5, 0.6) is 0 Å². The molecule has 5 heteroatoms. The van der Waals surface area contributed by atoms with Crippen molar-refractivity contribution in [2.45, 2.75) is 51.1 Å². The Morgan fingerprint density at radius 1 is 1.53 bits per heavy atom. The van der Waals surface area contributed by atoms with Crippen molar-refractivity contribution in [3.63, 3.8) is 0 Å². The molecule has 0 aromatic carbocycles. The number of rotatable bonds is 3. The number of aromatic nitrogens is 1. The van der Waals surface area contributed by atoms with E-state index in [9.17, 15) is 4.79 Å². The number of amides is 1. The van der Waals surface area contributed by atoms with Crippen molar-refractivity contribution in [2.75, 3.05) is 0 Å². The molecular formula is C12H19N3O2. The molecule has 1 amide bonds. The summed E-state index contributed by atoms with van der Waals surface area (Å²) in [4.78, 5) is 12.0. The first kappa shape index (κ1) is 12.1. The summed E-state index contributed by atoms with van der Waals surface area (Å²) in [5, 5.41) is 6.66. The summed E-state index contributed by atoms with van der Waals surface area (Å²) in [6.07, 6.45) is 4.79. The maximum Gasteiger partial charge on any atom is 0.240 e. The summed E-state index contributed by atoms with van der Waals surface area (Å²) in [6, 6.07) is 1.81. The van der Waals surface area contributed by atoms with Crippen molar-refractivity contribution in [1.82, 2.24) is 10.5 Å². The van der Waals surface area contributed by atoms with Gasteiger partial charge in [-0.15, -0.1) is 0 Å². The maximum absolute atomic E-state index is 12.0. The molecule has 0 bridgehead atoms. The highest BCUT2D eigenvalue weighted by molar-refractivity contribution is 5.86. The molecule has 0 saturated heterocycles. The lowest BCUT2D eigenvalue weighted by atomic mass is 9.82. The number of nitrogens with one attached hydrogen (secondary N) is 1. The molecule has 5 nitrogen and oxygen atoms in total. The van der Waals surface area contributed by atoms with Gasteiger partial charge in [0.2, 0.25) is 5.91 Å². The van der Waals surface area contributed by atoms with Gasteiger partial charge in [-0.3, -0.25) is 4.79 Å². The standard InChI is InChI=1S/C12H19N3O2/c1-9-7-10(15-17-9)8-14-11(16)12(13)5-3-2-4-6-12/h7H,2-6,8,13H2,1H3,(H,14,16). The Morgan fingerprint density at radius 3 is 2.82 bits per heavy atom. The lowest BCUT2D eigenvalue weighted by Crippen LogP contribution is -2.54. The third-order valence-corrected chi connectivity index (χ3v) is 3.30. The van der Waals surface area contributed by atoms with Crippen LogP contribution in [0, 0.1) is 6.92 Å². The Bertz CT molecular complexity index is 394. The van der Waals surface area contributed by atoms with E-state index in [0.717, 1.165) is 37.1 Å². The number of nitrogens with zero attached hydrogens (tertiary/aromatic N) is 1. The average Bonchev–Trinajstić information content (AvgIpc) is 2.73. The second-order valence-corrected chi connectivity index (χ2v) is 4.83. The highest BCUT2D eigenvalue weighted by atomic mass is 16.5. The van der Waals surface area contributed by atoms with Gasteiger partial charge in [-0.25, -0.2) is 0 Å². The fourth-order valence-corrected chi connectivity index (χ4v) is 2.26. The third-order valence-electron chi connectivity index (χ3n) is 3.30. The van der Waals surface area contributed by atoms with Crippen molar-refractivity contribution in [3.8, 4) is 0 Å². The van der Waals surface area contributed by atoms with Crippen LogP contribution in [0.3, 0.4) is 0 Å². The number of hydrogen-bond donors (Lipinski definition) is 2. The van der Waals surface area contributed by atoms with Crippen molar-refractivity contribution in [3.05, 3.63) is 17.5 Å². The highest BCUT2D eigenvalue weighted by Crippen LogP contribution is 2.25. The van der Waals surface area contributed by atoms with Gasteiger partial charge >= 0.3 is 0 Å². The average molecular weight is 237 g/mol. The van der Waals surface area contributed by atoms with Crippen LogP contribution in [-0.4, -0.2) is 16.6 Å². The molecule has 1 saturated carbocycles. The summed E-state index contributed by atoms with van der Waals surface area (Å²) in [5.74, 6) is 0.673. The Kier molecular flexibility index (Phi) is 3.47. The van der Waals surface area contributed by atoms with Gasteiger partial charge < -0.3 is 15.6 Å². The summed E-state index contributed by atoms with van der Waals surface area (Å²) in [7, 11) is 0. The Labute approximate surface area is 101 Å². The first-order chi connectivity index (χ1) is 8.10. The van der Waals surface area contributed by atoms with Crippen LogP contribution in [0.1, 0.15) is 43.6 Å². The van der Waals surface area contributed by atoms with Crippen LogP contribution in [-0.2, 0) is 11.3 Å². The summed E-state index contributed by atoms with van der Waals surface area (Å²) >= 11 is 0. The molecule has 1 aliphatic rings. The summed E-state index contributed by atoms with van der Waals surface area (Å²) in [6.45, 7) is 2.21. The lowest BCUT2D eigenvalue weighted by Gasteiger charge is -2.31. The van der Waals surface area contributed by atoms with Crippen LogP contribution in [0.15, 0.2) is 10.6 Å². The minimum absolute atomic E-state index is 0.0714. The van der Waals surface area contributed by atoms with Crippen molar-refractivity contribution in [1.29, 1.82) is 0 Å². The van der Waals surface area contributed by atoms with Crippen LogP contribution in [0.25, 0.3) is 0 Å². The quantitative estimate of drug-likeness (QED) is 0.829. The number of carbonyl (C=O) groups is 1. The van der Waals surface area contributed by atoms with E-state index in [1.165, 1.54) is 6.42 Å². The Balaban J connectivity index is 1.88. The van der Waals surface area contributed by atoms with Gasteiger partial charge in [-0.05, 0) is 19.8 Å². The van der Waals surface area contributed by atoms with E-state index in [0.29, 0.717) is 6.54 Å².